The molecule has 0 radical (unpaired) electrons. The van der Waals surface area contributed by atoms with Gasteiger partial charge >= 0.3 is 0 Å². The molecule has 1 aromatic rings. The molecule has 1 N–H and O–H groups in total. The van der Waals surface area contributed by atoms with Crippen LogP contribution in [0.3, 0.4) is 0 Å². The Hall–Kier alpha value is -0.670. The van der Waals surface area contributed by atoms with Gasteiger partial charge in [0.2, 0.25) is 0 Å². The first-order valence-corrected chi connectivity index (χ1v) is 8.22. The molecule has 0 aliphatic heterocycles. The Kier molecular flexibility index (Phi) is 6.58. The Balaban J connectivity index is 2.89. The minimum Gasteiger partial charge on any atom is -0.309 e. The van der Waals surface area contributed by atoms with Crippen molar-refractivity contribution in [2.24, 2.45) is 0 Å². The highest BCUT2D eigenvalue weighted by Gasteiger charge is 2.14. The van der Waals surface area contributed by atoms with Gasteiger partial charge in [-0.25, -0.2) is 0 Å². The second-order valence-corrected chi connectivity index (χ2v) is 6.61. The summed E-state index contributed by atoms with van der Waals surface area (Å²) < 4.78 is 11.8. The molecule has 0 aromatic heterocycles. The van der Waals surface area contributed by atoms with Crippen LogP contribution in [0.2, 0.25) is 0 Å². The van der Waals surface area contributed by atoms with E-state index in [2.05, 4.69) is 44.3 Å². The van der Waals surface area contributed by atoms with E-state index in [9.17, 15) is 4.21 Å². The highest BCUT2D eigenvalue weighted by atomic mass is 32.2. The summed E-state index contributed by atoms with van der Waals surface area (Å²) in [5.74, 6) is 1.44. The molecule has 1 aromatic carbocycles. The molecule has 0 amide bonds. The standard InChI is InChI=1S/C15H25NOS/c1-5-7-16-15(11-18(17)6-2)14-9-12(3)8-13(4)10-14/h8-10,15-16H,5-7,11H2,1-4H3. The fourth-order valence-electron chi connectivity index (χ4n) is 2.11. The fourth-order valence-corrected chi connectivity index (χ4v) is 3.02. The zero-order valence-corrected chi connectivity index (χ0v) is 12.8. The summed E-state index contributed by atoms with van der Waals surface area (Å²) in [6.07, 6.45) is 1.10. The molecular weight excluding hydrogens is 242 g/mol. The Morgan fingerprint density at radius 3 is 2.28 bits per heavy atom. The molecule has 0 aliphatic carbocycles. The fraction of sp³-hybridized carbons (Fsp3) is 0.600. The minimum atomic E-state index is -0.737. The van der Waals surface area contributed by atoms with Crippen LogP contribution >= 0.6 is 0 Å². The third-order valence-corrected chi connectivity index (χ3v) is 4.31. The third kappa shape index (κ3) is 4.91. The number of aryl methyl sites for hydroxylation is 2. The van der Waals surface area contributed by atoms with E-state index < -0.39 is 10.8 Å². The van der Waals surface area contributed by atoms with Crippen LogP contribution in [0.4, 0.5) is 0 Å². The van der Waals surface area contributed by atoms with Gasteiger partial charge in [0.05, 0.1) is 0 Å². The summed E-state index contributed by atoms with van der Waals surface area (Å²) in [7, 11) is -0.737. The number of benzene rings is 1. The number of hydrogen-bond acceptors (Lipinski definition) is 2. The van der Waals surface area contributed by atoms with E-state index in [4.69, 9.17) is 0 Å². The van der Waals surface area contributed by atoms with Crippen LogP contribution in [0.25, 0.3) is 0 Å². The molecule has 2 atom stereocenters. The van der Waals surface area contributed by atoms with Gasteiger partial charge in [-0.15, -0.1) is 0 Å². The van der Waals surface area contributed by atoms with Crippen molar-refractivity contribution in [3.63, 3.8) is 0 Å². The lowest BCUT2D eigenvalue weighted by molar-refractivity contribution is 0.569. The van der Waals surface area contributed by atoms with E-state index in [-0.39, 0.29) is 6.04 Å². The summed E-state index contributed by atoms with van der Waals surface area (Å²) in [6, 6.07) is 6.79. The molecule has 0 fully saturated rings. The quantitative estimate of drug-likeness (QED) is 0.822. The molecule has 0 saturated carbocycles. The van der Waals surface area contributed by atoms with E-state index >= 15 is 0 Å². The van der Waals surface area contributed by atoms with Crippen molar-refractivity contribution in [2.45, 2.75) is 40.2 Å². The lowest BCUT2D eigenvalue weighted by Gasteiger charge is -2.19. The second-order valence-electron chi connectivity index (χ2n) is 4.82. The van der Waals surface area contributed by atoms with Gasteiger partial charge in [-0.2, -0.15) is 0 Å². The third-order valence-electron chi connectivity index (χ3n) is 2.96. The average Bonchev–Trinajstić information content (AvgIpc) is 2.32. The predicted molar refractivity (Wildman–Crippen MR) is 80.5 cm³/mol. The first kappa shape index (κ1) is 15.4. The first-order chi connectivity index (χ1) is 8.56. The molecule has 0 bridgehead atoms. The van der Waals surface area contributed by atoms with Crippen LogP contribution in [0.1, 0.15) is 43.0 Å². The minimum absolute atomic E-state index is 0.212. The maximum Gasteiger partial charge on any atom is 0.0437 e. The van der Waals surface area contributed by atoms with Crippen LogP contribution in [-0.2, 0) is 10.8 Å². The van der Waals surface area contributed by atoms with Gasteiger partial charge in [0.25, 0.3) is 0 Å². The Labute approximate surface area is 114 Å². The van der Waals surface area contributed by atoms with Crippen molar-refractivity contribution in [3.05, 3.63) is 34.9 Å². The average molecular weight is 267 g/mol. The van der Waals surface area contributed by atoms with Gasteiger partial charge in [-0.1, -0.05) is 43.2 Å². The number of nitrogens with one attached hydrogen (secondary N) is 1. The molecule has 3 heteroatoms. The topological polar surface area (TPSA) is 29.1 Å². The van der Waals surface area contributed by atoms with Crippen LogP contribution < -0.4 is 5.32 Å². The van der Waals surface area contributed by atoms with E-state index in [0.29, 0.717) is 5.75 Å². The van der Waals surface area contributed by atoms with Crippen LogP contribution in [0.15, 0.2) is 18.2 Å². The first-order valence-electron chi connectivity index (χ1n) is 6.73. The van der Waals surface area contributed by atoms with Gasteiger partial charge in [0, 0.05) is 28.3 Å². The molecule has 0 spiro atoms. The van der Waals surface area contributed by atoms with Gasteiger partial charge in [-0.3, -0.25) is 4.21 Å². The lowest BCUT2D eigenvalue weighted by Crippen LogP contribution is -2.27. The van der Waals surface area contributed by atoms with Crippen LogP contribution in [-0.4, -0.2) is 22.3 Å². The SMILES string of the molecule is CCCNC(CS(=O)CC)c1cc(C)cc(C)c1. The molecule has 0 saturated heterocycles. The van der Waals surface area contributed by atoms with Crippen molar-refractivity contribution in [1.82, 2.24) is 5.32 Å². The molecule has 0 aliphatic rings. The number of hydrogen-bond donors (Lipinski definition) is 1. The van der Waals surface area contributed by atoms with Gasteiger partial charge in [0.1, 0.15) is 0 Å². The summed E-state index contributed by atoms with van der Waals surface area (Å²) in [6.45, 7) is 9.34. The molecule has 2 unspecified atom stereocenters. The van der Waals surface area contributed by atoms with Crippen molar-refractivity contribution in [1.29, 1.82) is 0 Å². The van der Waals surface area contributed by atoms with Gasteiger partial charge in [-0.05, 0) is 32.4 Å². The molecule has 18 heavy (non-hydrogen) atoms. The Morgan fingerprint density at radius 1 is 1.17 bits per heavy atom. The molecular formula is C15H25NOS. The van der Waals surface area contributed by atoms with E-state index in [1.165, 1.54) is 16.7 Å². The summed E-state index contributed by atoms with van der Waals surface area (Å²) in [5.41, 5.74) is 3.81. The van der Waals surface area contributed by atoms with Crippen molar-refractivity contribution in [2.75, 3.05) is 18.1 Å². The molecule has 0 heterocycles. The van der Waals surface area contributed by atoms with Crippen molar-refractivity contribution in [3.8, 4) is 0 Å². The van der Waals surface area contributed by atoms with Crippen molar-refractivity contribution < 1.29 is 4.21 Å². The normalized spacial score (nSPS) is 14.4. The summed E-state index contributed by atoms with van der Waals surface area (Å²) >= 11 is 0. The smallest absolute Gasteiger partial charge is 0.0437 e. The molecule has 102 valence electrons. The summed E-state index contributed by atoms with van der Waals surface area (Å²) in [5, 5.41) is 3.51. The largest absolute Gasteiger partial charge is 0.309 e. The molecule has 1 rings (SSSR count). The van der Waals surface area contributed by atoms with Gasteiger partial charge < -0.3 is 5.32 Å². The lowest BCUT2D eigenvalue weighted by atomic mass is 10.0. The zero-order chi connectivity index (χ0) is 13.5. The maximum absolute atomic E-state index is 11.8. The van der Waals surface area contributed by atoms with Crippen LogP contribution in [0.5, 0.6) is 0 Å². The van der Waals surface area contributed by atoms with E-state index in [0.717, 1.165) is 18.7 Å². The number of rotatable bonds is 7. The summed E-state index contributed by atoms with van der Waals surface area (Å²) in [4.78, 5) is 0. The highest BCUT2D eigenvalue weighted by Crippen LogP contribution is 2.18. The van der Waals surface area contributed by atoms with Crippen LogP contribution in [0, 0.1) is 13.8 Å². The van der Waals surface area contributed by atoms with E-state index in [1.807, 2.05) is 6.92 Å². The Bertz CT molecular complexity index is 383. The predicted octanol–water partition coefficient (Wildman–Crippen LogP) is 3.11. The maximum atomic E-state index is 11.8. The Morgan fingerprint density at radius 2 is 1.78 bits per heavy atom. The van der Waals surface area contributed by atoms with E-state index in [1.54, 1.807) is 0 Å². The monoisotopic (exact) mass is 267 g/mol. The van der Waals surface area contributed by atoms with Gasteiger partial charge in [0.15, 0.2) is 0 Å². The molecule has 2 nitrogen and oxygen atoms in total. The highest BCUT2D eigenvalue weighted by molar-refractivity contribution is 7.84. The second kappa shape index (κ2) is 7.70. The zero-order valence-electron chi connectivity index (χ0n) is 12.0. The van der Waals surface area contributed by atoms with Crippen molar-refractivity contribution >= 4 is 10.8 Å².